The molecule has 2 aliphatic heterocycles. The highest BCUT2D eigenvalue weighted by Gasteiger charge is 2.51. The molecular formula is C33H41N3O8Si. The number of ether oxygens (including phenoxy) is 3. The molecule has 0 saturated carbocycles. The number of rotatable bonds is 5. The maximum Gasteiger partial charge on any atom is 0.408 e. The first-order valence-corrected chi connectivity index (χ1v) is 18.1. The van der Waals surface area contributed by atoms with Crippen molar-refractivity contribution in [1.82, 2.24) is 14.9 Å². The number of hydrogen-bond acceptors (Lipinski definition) is 9. The summed E-state index contributed by atoms with van der Waals surface area (Å²) in [5.74, 6) is -1.55. The molecule has 2 N–H and O–H groups in total. The maximum absolute atomic E-state index is 14.1. The van der Waals surface area contributed by atoms with E-state index >= 15 is 0 Å². The van der Waals surface area contributed by atoms with E-state index in [1.165, 1.54) is 0 Å². The van der Waals surface area contributed by atoms with E-state index < -0.39 is 43.9 Å². The summed E-state index contributed by atoms with van der Waals surface area (Å²) >= 11 is 0. The van der Waals surface area contributed by atoms with Gasteiger partial charge in [-0.3, -0.25) is 9.59 Å². The first-order chi connectivity index (χ1) is 20.8. The van der Waals surface area contributed by atoms with E-state index in [1.807, 2.05) is 0 Å². The fourth-order valence-electron chi connectivity index (χ4n) is 6.00. The lowest BCUT2D eigenvalue weighted by atomic mass is 9.85. The molecule has 5 rings (SSSR count). The van der Waals surface area contributed by atoms with Gasteiger partial charge in [-0.15, -0.1) is 0 Å². The van der Waals surface area contributed by atoms with Crippen molar-refractivity contribution in [1.29, 1.82) is 0 Å². The summed E-state index contributed by atoms with van der Waals surface area (Å²) in [4.78, 5) is 57.6. The quantitative estimate of drug-likeness (QED) is 0.183. The summed E-state index contributed by atoms with van der Waals surface area (Å²) in [6.07, 6.45) is -0.819. The molecule has 11 nitrogen and oxygen atoms in total. The second-order valence-corrected chi connectivity index (χ2v) is 19.5. The van der Waals surface area contributed by atoms with Crippen LogP contribution >= 0.6 is 0 Å². The van der Waals surface area contributed by atoms with Gasteiger partial charge in [0.15, 0.2) is 0 Å². The highest BCUT2D eigenvalue weighted by molar-refractivity contribution is 6.94. The Balaban J connectivity index is 1.65. The molecular weight excluding hydrogens is 594 g/mol. The minimum atomic E-state index is -2.27. The van der Waals surface area contributed by atoms with E-state index in [1.54, 1.807) is 56.5 Å². The molecule has 45 heavy (non-hydrogen) atoms. The van der Waals surface area contributed by atoms with Crippen LogP contribution in [0.4, 0.5) is 4.79 Å². The molecule has 1 unspecified atom stereocenters. The van der Waals surface area contributed by atoms with Crippen molar-refractivity contribution in [2.75, 3.05) is 6.54 Å². The zero-order valence-electron chi connectivity index (χ0n) is 27.3. The Morgan fingerprint density at radius 2 is 1.80 bits per heavy atom. The van der Waals surface area contributed by atoms with Crippen LogP contribution in [0, 0.1) is 0 Å². The van der Waals surface area contributed by atoms with Crippen LogP contribution in [0.15, 0.2) is 29.1 Å². The number of aromatic hydroxyl groups is 1. The molecule has 3 aromatic rings. The molecule has 0 aliphatic carbocycles. The second-order valence-electron chi connectivity index (χ2n) is 14.3. The number of cyclic esters (lactones) is 1. The molecule has 2 aliphatic rings. The molecule has 0 bridgehead atoms. The minimum absolute atomic E-state index is 0.00753. The normalized spacial score (nSPS) is 17.7. The number of phenols is 1. The zero-order valence-corrected chi connectivity index (χ0v) is 28.3. The Kier molecular flexibility index (Phi) is 7.67. The smallest absolute Gasteiger partial charge is 0.408 e. The Morgan fingerprint density at radius 1 is 1.11 bits per heavy atom. The van der Waals surface area contributed by atoms with E-state index in [4.69, 9.17) is 19.2 Å². The van der Waals surface area contributed by atoms with Gasteiger partial charge in [0.1, 0.15) is 24.5 Å². The lowest BCUT2D eigenvalue weighted by Crippen LogP contribution is -2.51. The fraction of sp³-hybridized carbons (Fsp3) is 0.485. The summed E-state index contributed by atoms with van der Waals surface area (Å²) in [6, 6.07) is 6.83. The molecule has 12 heteroatoms. The van der Waals surface area contributed by atoms with Crippen molar-refractivity contribution < 1.29 is 33.7 Å². The number of amides is 1. The van der Waals surface area contributed by atoms with Gasteiger partial charge in [-0.1, -0.05) is 40.8 Å². The maximum atomic E-state index is 14.1. The largest absolute Gasteiger partial charge is 0.508 e. The number of nitrogens with one attached hydrogen (secondary N) is 1. The lowest BCUT2D eigenvalue weighted by molar-refractivity contribution is -0.188. The third-order valence-corrected chi connectivity index (χ3v) is 14.8. The van der Waals surface area contributed by atoms with Crippen LogP contribution in [0.2, 0.25) is 18.1 Å². The average molecular weight is 636 g/mol. The van der Waals surface area contributed by atoms with Crippen molar-refractivity contribution >= 4 is 42.2 Å². The Labute approximate surface area is 262 Å². The molecule has 1 amide bonds. The standard InChI is InChI=1S/C33H41N3O8Si/c1-10-33(43-25(38)15-34-30(41)44-31(2,3)4)22-14-24-26-20(16-36(24)28(39)21(22)17-42-29(33)40)27(45(8,9)32(5,6)7)19-13-18(37)11-12-23(19)35-26/h11-14,37H,10,15-17H2,1-9H3,(H,34,41). The van der Waals surface area contributed by atoms with Crippen LogP contribution < -0.4 is 16.1 Å². The lowest BCUT2D eigenvalue weighted by Gasteiger charge is -2.39. The SMILES string of the molecule is CCC1(OC(=O)CNC(=O)OC(C)(C)C)C(=O)OCc2c1cc1n(c2=O)Cc2c-1nc1ccc(O)cc1c2[Si](C)(C)C(C)(C)C. The minimum Gasteiger partial charge on any atom is -0.508 e. The third-order valence-electron chi connectivity index (χ3n) is 9.20. The number of phenolic OH excluding ortho intramolecular Hbond substituents is 1. The van der Waals surface area contributed by atoms with Crippen molar-refractivity contribution in [3.8, 4) is 17.1 Å². The first-order valence-electron chi connectivity index (χ1n) is 15.1. The number of hydrogen-bond donors (Lipinski definition) is 2. The summed E-state index contributed by atoms with van der Waals surface area (Å²) in [6.45, 7) is 17.4. The van der Waals surface area contributed by atoms with Crippen LogP contribution in [0.5, 0.6) is 5.75 Å². The van der Waals surface area contributed by atoms with Gasteiger partial charge in [0.2, 0.25) is 5.60 Å². The van der Waals surface area contributed by atoms with Crippen LogP contribution in [0.1, 0.15) is 71.6 Å². The van der Waals surface area contributed by atoms with E-state index in [-0.39, 0.29) is 47.0 Å². The fourth-order valence-corrected chi connectivity index (χ4v) is 8.58. The van der Waals surface area contributed by atoms with Gasteiger partial charge in [-0.05, 0) is 67.2 Å². The van der Waals surface area contributed by atoms with Gasteiger partial charge < -0.3 is 29.2 Å². The number of carbonyl (C=O) groups is 3. The molecule has 1 aromatic carbocycles. The van der Waals surface area contributed by atoms with Gasteiger partial charge in [-0.2, -0.15) is 0 Å². The number of pyridine rings is 2. The number of aromatic nitrogens is 2. The number of carbonyl (C=O) groups excluding carboxylic acids is 3. The highest BCUT2D eigenvalue weighted by Crippen LogP contribution is 2.43. The van der Waals surface area contributed by atoms with Gasteiger partial charge >= 0.3 is 18.0 Å². The Hall–Kier alpha value is -4.19. The second kappa shape index (κ2) is 10.7. The van der Waals surface area contributed by atoms with Crippen molar-refractivity contribution in [3.63, 3.8) is 0 Å². The van der Waals surface area contributed by atoms with Crippen LogP contribution in [0.3, 0.4) is 0 Å². The zero-order chi connectivity index (χ0) is 33.3. The number of fused-ring (bicyclic) bond motifs is 5. The van der Waals surface area contributed by atoms with Gasteiger partial charge in [-0.25, -0.2) is 14.6 Å². The highest BCUT2D eigenvalue weighted by atomic mass is 28.3. The van der Waals surface area contributed by atoms with Gasteiger partial charge in [0.05, 0.1) is 37.1 Å². The van der Waals surface area contributed by atoms with E-state index in [9.17, 15) is 24.3 Å². The third kappa shape index (κ3) is 5.38. The van der Waals surface area contributed by atoms with Crippen LogP contribution in [0.25, 0.3) is 22.3 Å². The Morgan fingerprint density at radius 3 is 2.42 bits per heavy atom. The van der Waals surface area contributed by atoms with Gasteiger partial charge in [0, 0.05) is 10.9 Å². The number of esters is 2. The molecule has 0 fully saturated rings. The van der Waals surface area contributed by atoms with Crippen molar-refractivity contribution in [3.05, 3.63) is 51.3 Å². The summed E-state index contributed by atoms with van der Waals surface area (Å²) in [7, 11) is -2.27. The molecule has 0 saturated heterocycles. The topological polar surface area (TPSA) is 146 Å². The van der Waals surface area contributed by atoms with Crippen LogP contribution in [-0.4, -0.2) is 52.9 Å². The summed E-state index contributed by atoms with van der Waals surface area (Å²) < 4.78 is 18.0. The molecule has 0 radical (unpaired) electrons. The molecule has 0 spiro atoms. The summed E-state index contributed by atoms with van der Waals surface area (Å²) in [5, 5.41) is 14.7. The summed E-state index contributed by atoms with van der Waals surface area (Å²) in [5.41, 5.74) is 0.166. The molecule has 2 aromatic heterocycles. The average Bonchev–Trinajstić information content (AvgIpc) is 3.29. The Bertz CT molecular complexity index is 1820. The monoisotopic (exact) mass is 635 g/mol. The predicted molar refractivity (Wildman–Crippen MR) is 171 cm³/mol. The molecule has 240 valence electrons. The van der Waals surface area contributed by atoms with Crippen molar-refractivity contribution in [2.45, 2.75) is 97.4 Å². The van der Waals surface area contributed by atoms with Gasteiger partial charge in [0.25, 0.3) is 5.56 Å². The molecule has 4 heterocycles. The predicted octanol–water partition coefficient (Wildman–Crippen LogP) is 4.58. The number of alkyl carbamates (subject to hydrolysis) is 1. The van der Waals surface area contributed by atoms with Crippen molar-refractivity contribution in [2.24, 2.45) is 0 Å². The van der Waals surface area contributed by atoms with E-state index in [0.29, 0.717) is 16.9 Å². The van der Waals surface area contributed by atoms with Crippen LogP contribution in [-0.2, 0) is 42.6 Å². The number of benzene rings is 1. The first kappa shape index (κ1) is 32.2. The van der Waals surface area contributed by atoms with E-state index in [2.05, 4.69) is 39.2 Å². The van der Waals surface area contributed by atoms with E-state index in [0.717, 1.165) is 16.1 Å². The molecule has 1 atom stereocenters. The number of nitrogens with zero attached hydrogens (tertiary/aromatic N) is 2.